The Balaban J connectivity index is 1.78. The molecule has 0 N–H and O–H groups in total. The van der Waals surface area contributed by atoms with Crippen LogP contribution in [0.25, 0.3) is 5.57 Å². The van der Waals surface area contributed by atoms with Crippen molar-refractivity contribution in [2.24, 2.45) is 0 Å². The molecule has 0 aromatic heterocycles. The van der Waals surface area contributed by atoms with Crippen molar-refractivity contribution in [2.45, 2.75) is 25.8 Å². The lowest BCUT2D eigenvalue weighted by molar-refractivity contribution is -0.120. The second-order valence-corrected chi connectivity index (χ2v) is 8.02. The van der Waals surface area contributed by atoms with Gasteiger partial charge in [0.1, 0.15) is 5.70 Å². The molecule has 2 aliphatic heterocycles. The van der Waals surface area contributed by atoms with Crippen LogP contribution in [0.5, 0.6) is 0 Å². The third-order valence-corrected chi connectivity index (χ3v) is 5.97. The quantitative estimate of drug-likeness (QED) is 0.753. The number of imide groups is 1. The molecule has 2 heterocycles. The fourth-order valence-electron chi connectivity index (χ4n) is 4.28. The highest BCUT2D eigenvalue weighted by molar-refractivity contribution is 6.45. The van der Waals surface area contributed by atoms with Crippen LogP contribution in [0.15, 0.2) is 60.3 Å². The smallest absolute Gasteiger partial charge is 0.282 e. The SMILES string of the molecule is Cc1cccc(N2C(=O)C(c3ccccc3)=C(N(C)C3CCN(C)CC3)C2=O)c1. The van der Waals surface area contributed by atoms with Gasteiger partial charge in [-0.1, -0.05) is 42.5 Å². The summed E-state index contributed by atoms with van der Waals surface area (Å²) < 4.78 is 0. The van der Waals surface area contributed by atoms with E-state index in [0.29, 0.717) is 17.0 Å². The van der Waals surface area contributed by atoms with Crippen LogP contribution in [0.1, 0.15) is 24.0 Å². The number of nitrogens with zero attached hydrogens (tertiary/aromatic N) is 3. The number of carbonyl (C=O) groups is 2. The van der Waals surface area contributed by atoms with E-state index >= 15 is 0 Å². The molecule has 1 saturated heterocycles. The van der Waals surface area contributed by atoms with Gasteiger partial charge in [0, 0.05) is 13.1 Å². The lowest BCUT2D eigenvalue weighted by Gasteiger charge is -2.36. The summed E-state index contributed by atoms with van der Waals surface area (Å²) in [6.07, 6.45) is 1.95. The number of aryl methyl sites for hydroxylation is 1. The summed E-state index contributed by atoms with van der Waals surface area (Å²) in [6, 6.07) is 17.3. The van der Waals surface area contributed by atoms with Gasteiger partial charge in [0.05, 0.1) is 11.3 Å². The van der Waals surface area contributed by atoms with E-state index in [1.807, 2.05) is 73.5 Å². The van der Waals surface area contributed by atoms with E-state index in [9.17, 15) is 9.59 Å². The first-order valence-electron chi connectivity index (χ1n) is 10.1. The first-order chi connectivity index (χ1) is 14.0. The zero-order valence-electron chi connectivity index (χ0n) is 17.3. The molecule has 1 fully saturated rings. The van der Waals surface area contributed by atoms with Crippen LogP contribution in [-0.4, -0.2) is 54.8 Å². The highest BCUT2D eigenvalue weighted by Gasteiger charge is 2.43. The van der Waals surface area contributed by atoms with Crippen LogP contribution in [0.4, 0.5) is 5.69 Å². The number of likely N-dealkylation sites (N-methyl/N-ethyl adjacent to an activating group) is 1. The number of carbonyl (C=O) groups excluding carboxylic acids is 2. The number of piperidine rings is 1. The van der Waals surface area contributed by atoms with Crippen LogP contribution in [0.3, 0.4) is 0 Å². The van der Waals surface area contributed by atoms with Gasteiger partial charge in [-0.3, -0.25) is 9.59 Å². The molecule has 5 nitrogen and oxygen atoms in total. The van der Waals surface area contributed by atoms with Crippen molar-refractivity contribution < 1.29 is 9.59 Å². The molecule has 5 heteroatoms. The van der Waals surface area contributed by atoms with Crippen molar-refractivity contribution in [2.75, 3.05) is 32.1 Å². The monoisotopic (exact) mass is 389 g/mol. The summed E-state index contributed by atoms with van der Waals surface area (Å²) in [4.78, 5) is 32.7. The van der Waals surface area contributed by atoms with E-state index in [1.54, 1.807) is 0 Å². The van der Waals surface area contributed by atoms with E-state index < -0.39 is 0 Å². The number of amides is 2. The fourth-order valence-corrected chi connectivity index (χ4v) is 4.28. The molecule has 0 atom stereocenters. The molecule has 2 aliphatic rings. The lowest BCUT2D eigenvalue weighted by Crippen LogP contribution is -2.43. The van der Waals surface area contributed by atoms with Crippen molar-refractivity contribution in [3.8, 4) is 0 Å². The maximum Gasteiger partial charge on any atom is 0.282 e. The molecule has 0 aliphatic carbocycles. The van der Waals surface area contributed by atoms with E-state index in [0.717, 1.165) is 37.1 Å². The average molecular weight is 389 g/mol. The Morgan fingerprint density at radius 2 is 1.62 bits per heavy atom. The Hall–Kier alpha value is -2.92. The van der Waals surface area contributed by atoms with Gasteiger partial charge in [-0.2, -0.15) is 0 Å². The van der Waals surface area contributed by atoms with Gasteiger partial charge < -0.3 is 9.80 Å². The summed E-state index contributed by atoms with van der Waals surface area (Å²) in [5, 5.41) is 0. The number of benzene rings is 2. The number of anilines is 1. The third kappa shape index (κ3) is 3.58. The minimum Gasteiger partial charge on any atom is -0.366 e. The molecule has 0 bridgehead atoms. The minimum atomic E-state index is -0.249. The maximum absolute atomic E-state index is 13.6. The molecular formula is C24H27N3O2. The molecule has 4 rings (SSSR count). The number of hydrogen-bond acceptors (Lipinski definition) is 4. The molecule has 2 aromatic rings. The number of likely N-dealkylation sites (tertiary alicyclic amines) is 1. The molecule has 0 spiro atoms. The molecule has 0 saturated carbocycles. The summed E-state index contributed by atoms with van der Waals surface area (Å²) >= 11 is 0. The van der Waals surface area contributed by atoms with Crippen molar-refractivity contribution in [1.82, 2.24) is 9.80 Å². The summed E-state index contributed by atoms with van der Waals surface area (Å²) in [7, 11) is 4.08. The van der Waals surface area contributed by atoms with Crippen molar-refractivity contribution in [3.05, 3.63) is 71.4 Å². The van der Waals surface area contributed by atoms with Crippen molar-refractivity contribution in [3.63, 3.8) is 0 Å². The van der Waals surface area contributed by atoms with Gasteiger partial charge in [-0.25, -0.2) is 4.90 Å². The average Bonchev–Trinajstić information content (AvgIpc) is 2.99. The van der Waals surface area contributed by atoms with E-state index in [-0.39, 0.29) is 17.9 Å². The Labute approximate surface area is 172 Å². The molecule has 0 unspecified atom stereocenters. The second-order valence-electron chi connectivity index (χ2n) is 8.02. The van der Waals surface area contributed by atoms with Crippen LogP contribution in [0.2, 0.25) is 0 Å². The fraction of sp³-hybridized carbons (Fsp3) is 0.333. The first kappa shape index (κ1) is 19.4. The normalized spacial score (nSPS) is 18.7. The van der Waals surface area contributed by atoms with E-state index in [4.69, 9.17) is 0 Å². The first-order valence-corrected chi connectivity index (χ1v) is 10.1. The van der Waals surface area contributed by atoms with Crippen LogP contribution in [0, 0.1) is 6.92 Å². The second kappa shape index (κ2) is 7.84. The van der Waals surface area contributed by atoms with Crippen molar-refractivity contribution >= 4 is 23.1 Å². The Kier molecular flexibility index (Phi) is 5.24. The maximum atomic E-state index is 13.6. The highest BCUT2D eigenvalue weighted by atomic mass is 16.2. The van der Waals surface area contributed by atoms with Crippen LogP contribution < -0.4 is 4.90 Å². The summed E-state index contributed by atoms with van der Waals surface area (Å²) in [5.74, 6) is -0.484. The largest absolute Gasteiger partial charge is 0.366 e. The summed E-state index contributed by atoms with van der Waals surface area (Å²) in [5.41, 5.74) is 3.44. The predicted molar refractivity (Wildman–Crippen MR) is 115 cm³/mol. The van der Waals surface area contributed by atoms with E-state index in [2.05, 4.69) is 11.9 Å². The van der Waals surface area contributed by atoms with Crippen LogP contribution in [-0.2, 0) is 9.59 Å². The van der Waals surface area contributed by atoms with Crippen LogP contribution >= 0.6 is 0 Å². The lowest BCUT2D eigenvalue weighted by atomic mass is 10.0. The number of hydrogen-bond donors (Lipinski definition) is 0. The Bertz CT molecular complexity index is 959. The topological polar surface area (TPSA) is 43.9 Å². The highest BCUT2D eigenvalue weighted by Crippen LogP contribution is 2.36. The van der Waals surface area contributed by atoms with Gasteiger partial charge in [0.25, 0.3) is 11.8 Å². The predicted octanol–water partition coefficient (Wildman–Crippen LogP) is 3.31. The molecule has 2 amide bonds. The van der Waals surface area contributed by atoms with Gasteiger partial charge in [0.2, 0.25) is 0 Å². The van der Waals surface area contributed by atoms with Gasteiger partial charge in [-0.05, 0) is 63.2 Å². The van der Waals surface area contributed by atoms with Gasteiger partial charge in [0.15, 0.2) is 0 Å². The molecule has 0 radical (unpaired) electrons. The zero-order valence-corrected chi connectivity index (χ0v) is 17.3. The minimum absolute atomic E-state index is 0.235. The van der Waals surface area contributed by atoms with E-state index in [1.165, 1.54) is 4.90 Å². The molecule has 29 heavy (non-hydrogen) atoms. The molecule has 2 aromatic carbocycles. The summed E-state index contributed by atoms with van der Waals surface area (Å²) in [6.45, 7) is 3.95. The Morgan fingerprint density at radius 1 is 0.931 bits per heavy atom. The van der Waals surface area contributed by atoms with Gasteiger partial charge in [-0.15, -0.1) is 0 Å². The Morgan fingerprint density at radius 3 is 2.28 bits per heavy atom. The number of rotatable bonds is 4. The molecular weight excluding hydrogens is 362 g/mol. The van der Waals surface area contributed by atoms with Crippen molar-refractivity contribution in [1.29, 1.82) is 0 Å². The third-order valence-electron chi connectivity index (χ3n) is 5.97. The standard InChI is InChI=1S/C24H27N3O2/c1-17-8-7-11-20(16-17)27-23(28)21(18-9-5-4-6-10-18)22(24(27)29)26(3)19-12-14-25(2)15-13-19/h4-11,16,19H,12-15H2,1-3H3. The molecule has 150 valence electrons. The zero-order chi connectivity index (χ0) is 20.5. The van der Waals surface area contributed by atoms with Gasteiger partial charge >= 0.3 is 0 Å².